The number of hydrogen-bond acceptors (Lipinski definition) is 2. The molecule has 2 heteroatoms. The van der Waals surface area contributed by atoms with E-state index in [0.29, 0.717) is 0 Å². The number of hydrogen-bond donors (Lipinski definition) is 0. The van der Waals surface area contributed by atoms with Crippen LogP contribution in [0.3, 0.4) is 0 Å². The van der Waals surface area contributed by atoms with Crippen LogP contribution in [-0.4, -0.2) is 0 Å². The second kappa shape index (κ2) is 6.15. The van der Waals surface area contributed by atoms with Crippen LogP contribution >= 0.6 is 11.8 Å². The SMILES string of the molecule is c1ccc(N2c3ccc4ccccc4c3Sc3ccc4ccccc4c32)cc1. The van der Waals surface area contributed by atoms with Crippen molar-refractivity contribution in [2.75, 3.05) is 4.90 Å². The van der Waals surface area contributed by atoms with Crippen molar-refractivity contribution < 1.29 is 0 Å². The van der Waals surface area contributed by atoms with Crippen LogP contribution in [-0.2, 0) is 0 Å². The summed E-state index contributed by atoms with van der Waals surface area (Å²) >= 11 is 1.88. The smallest absolute Gasteiger partial charge is 0.0679 e. The van der Waals surface area contributed by atoms with E-state index in [1.807, 2.05) is 11.8 Å². The van der Waals surface area contributed by atoms with Gasteiger partial charge < -0.3 is 4.90 Å². The molecule has 6 rings (SSSR count). The van der Waals surface area contributed by atoms with Gasteiger partial charge in [-0.15, -0.1) is 0 Å². The maximum absolute atomic E-state index is 2.43. The highest BCUT2D eigenvalue weighted by molar-refractivity contribution is 8.00. The summed E-state index contributed by atoms with van der Waals surface area (Å²) in [4.78, 5) is 5.05. The van der Waals surface area contributed by atoms with Gasteiger partial charge in [-0.25, -0.2) is 0 Å². The number of rotatable bonds is 1. The van der Waals surface area contributed by atoms with E-state index in [9.17, 15) is 0 Å². The molecule has 1 nitrogen and oxygen atoms in total. The lowest BCUT2D eigenvalue weighted by molar-refractivity contribution is 1.19. The topological polar surface area (TPSA) is 3.24 Å². The van der Waals surface area contributed by atoms with Crippen molar-refractivity contribution >= 4 is 50.4 Å². The summed E-state index contributed by atoms with van der Waals surface area (Å²) in [5, 5.41) is 5.15. The lowest BCUT2D eigenvalue weighted by Crippen LogP contribution is -2.15. The molecule has 0 spiro atoms. The van der Waals surface area contributed by atoms with Crippen LogP contribution in [0.5, 0.6) is 0 Å². The van der Waals surface area contributed by atoms with Crippen LogP contribution in [0.2, 0.25) is 0 Å². The predicted octanol–water partition coefficient (Wildman–Crippen LogP) is 7.93. The fraction of sp³-hybridized carbons (Fsp3) is 0. The first-order valence-corrected chi connectivity index (χ1v) is 10.3. The van der Waals surface area contributed by atoms with Crippen molar-refractivity contribution in [3.05, 3.63) is 103 Å². The molecular formula is C26H17NS. The molecule has 0 unspecified atom stereocenters. The van der Waals surface area contributed by atoms with E-state index in [1.54, 1.807) is 0 Å². The van der Waals surface area contributed by atoms with E-state index >= 15 is 0 Å². The molecule has 5 aromatic rings. The summed E-state index contributed by atoms with van der Waals surface area (Å²) in [6.45, 7) is 0. The molecule has 0 aromatic heterocycles. The zero-order valence-electron chi connectivity index (χ0n) is 15.2. The molecule has 1 heterocycles. The van der Waals surface area contributed by atoms with Gasteiger partial charge in [-0.05, 0) is 40.4 Å². The van der Waals surface area contributed by atoms with Crippen molar-refractivity contribution in [1.29, 1.82) is 0 Å². The molecule has 1 aliphatic rings. The van der Waals surface area contributed by atoms with Crippen molar-refractivity contribution in [3.63, 3.8) is 0 Å². The molecule has 132 valence electrons. The normalized spacial score (nSPS) is 12.8. The van der Waals surface area contributed by atoms with Gasteiger partial charge in [-0.3, -0.25) is 0 Å². The second-order valence-electron chi connectivity index (χ2n) is 7.04. The summed E-state index contributed by atoms with van der Waals surface area (Å²) in [7, 11) is 0. The van der Waals surface area contributed by atoms with Crippen LogP contribution in [0.15, 0.2) is 113 Å². The largest absolute Gasteiger partial charge is 0.308 e. The molecule has 0 amide bonds. The monoisotopic (exact) mass is 375 g/mol. The third-order valence-corrected chi connectivity index (χ3v) is 6.60. The van der Waals surface area contributed by atoms with Crippen molar-refractivity contribution in [2.45, 2.75) is 9.79 Å². The third-order valence-electron chi connectivity index (χ3n) is 5.41. The lowest BCUT2D eigenvalue weighted by Gasteiger charge is -2.34. The molecule has 0 atom stereocenters. The zero-order chi connectivity index (χ0) is 18.5. The molecule has 5 aromatic carbocycles. The predicted molar refractivity (Wildman–Crippen MR) is 120 cm³/mol. The van der Waals surface area contributed by atoms with Gasteiger partial charge in [-0.1, -0.05) is 90.6 Å². The number of fused-ring (bicyclic) bond motifs is 6. The van der Waals surface area contributed by atoms with Crippen LogP contribution in [0.4, 0.5) is 17.1 Å². The molecule has 1 aliphatic heterocycles. The summed E-state index contributed by atoms with van der Waals surface area (Å²) in [5.41, 5.74) is 3.72. The Morgan fingerprint density at radius 1 is 0.536 bits per heavy atom. The summed E-state index contributed by atoms with van der Waals surface area (Å²) < 4.78 is 0. The zero-order valence-corrected chi connectivity index (χ0v) is 16.0. The van der Waals surface area contributed by atoms with Crippen LogP contribution in [0, 0.1) is 0 Å². The fourth-order valence-electron chi connectivity index (χ4n) is 4.14. The van der Waals surface area contributed by atoms with Crippen LogP contribution in [0.1, 0.15) is 0 Å². The molecule has 0 radical (unpaired) electrons. The van der Waals surface area contributed by atoms with Crippen molar-refractivity contribution in [1.82, 2.24) is 0 Å². The van der Waals surface area contributed by atoms with Gasteiger partial charge in [0.1, 0.15) is 0 Å². The maximum atomic E-state index is 2.43. The molecule has 0 saturated carbocycles. The Labute approximate surface area is 168 Å². The second-order valence-corrected chi connectivity index (χ2v) is 8.09. The average Bonchev–Trinajstić information content (AvgIpc) is 2.78. The minimum atomic E-state index is 1.19. The first-order chi connectivity index (χ1) is 13.9. The standard InChI is InChI=1S/C26H17NS/c1-2-10-20(11-3-1)27-23-16-14-19-9-5-7-13-22(19)26(23)28-24-17-15-18-8-4-6-12-21(18)25(24)27/h1-17H. The molecular weight excluding hydrogens is 358 g/mol. The van der Waals surface area contributed by atoms with Crippen LogP contribution < -0.4 is 4.90 Å². The van der Waals surface area contributed by atoms with Gasteiger partial charge in [0.2, 0.25) is 0 Å². The van der Waals surface area contributed by atoms with Gasteiger partial charge in [0.05, 0.1) is 11.4 Å². The van der Waals surface area contributed by atoms with Gasteiger partial charge in [0, 0.05) is 20.9 Å². The first kappa shape index (κ1) is 15.8. The van der Waals surface area contributed by atoms with Gasteiger partial charge in [0.25, 0.3) is 0 Å². The Balaban J connectivity index is 1.73. The highest BCUT2D eigenvalue weighted by Gasteiger charge is 2.27. The Bertz CT molecular complexity index is 1340. The average molecular weight is 375 g/mol. The Morgan fingerprint density at radius 2 is 1.18 bits per heavy atom. The molecule has 0 bridgehead atoms. The van der Waals surface area contributed by atoms with Gasteiger partial charge in [-0.2, -0.15) is 0 Å². The molecule has 0 saturated heterocycles. The number of para-hydroxylation sites is 1. The van der Waals surface area contributed by atoms with E-state index < -0.39 is 0 Å². The number of anilines is 3. The Hall–Kier alpha value is -3.23. The van der Waals surface area contributed by atoms with E-state index in [-0.39, 0.29) is 0 Å². The minimum Gasteiger partial charge on any atom is -0.308 e. The highest BCUT2D eigenvalue weighted by atomic mass is 32.2. The summed E-state index contributed by atoms with van der Waals surface area (Å²) in [6.07, 6.45) is 0. The molecule has 0 aliphatic carbocycles. The Kier molecular flexibility index (Phi) is 3.47. The molecule has 0 fully saturated rings. The number of nitrogens with zero attached hydrogens (tertiary/aromatic N) is 1. The molecule has 28 heavy (non-hydrogen) atoms. The van der Waals surface area contributed by atoms with Gasteiger partial charge >= 0.3 is 0 Å². The van der Waals surface area contributed by atoms with E-state index in [1.165, 1.54) is 48.4 Å². The third kappa shape index (κ3) is 2.28. The van der Waals surface area contributed by atoms with Crippen molar-refractivity contribution in [2.24, 2.45) is 0 Å². The van der Waals surface area contributed by atoms with E-state index in [0.717, 1.165) is 0 Å². The maximum Gasteiger partial charge on any atom is 0.0679 e. The number of benzene rings is 5. The van der Waals surface area contributed by atoms with E-state index in [2.05, 4.69) is 108 Å². The van der Waals surface area contributed by atoms with Crippen molar-refractivity contribution in [3.8, 4) is 0 Å². The van der Waals surface area contributed by atoms with E-state index in [4.69, 9.17) is 0 Å². The molecule has 0 N–H and O–H groups in total. The summed E-state index contributed by atoms with van der Waals surface area (Å²) in [5.74, 6) is 0. The Morgan fingerprint density at radius 3 is 2.00 bits per heavy atom. The first-order valence-electron chi connectivity index (χ1n) is 9.47. The minimum absolute atomic E-state index is 1.19. The fourth-order valence-corrected chi connectivity index (χ4v) is 5.35. The summed E-state index contributed by atoms with van der Waals surface area (Å²) in [6, 6.07) is 37.0. The van der Waals surface area contributed by atoms with Crippen LogP contribution in [0.25, 0.3) is 21.5 Å². The lowest BCUT2D eigenvalue weighted by atomic mass is 10.0. The van der Waals surface area contributed by atoms with Gasteiger partial charge in [0.15, 0.2) is 0 Å². The highest BCUT2D eigenvalue weighted by Crippen LogP contribution is 2.55. The quantitative estimate of drug-likeness (QED) is 0.287.